The molecule has 0 amide bonds. The van der Waals surface area contributed by atoms with Gasteiger partial charge in [-0.1, -0.05) is 12.1 Å². The fourth-order valence-electron chi connectivity index (χ4n) is 3.22. The zero-order chi connectivity index (χ0) is 16.1. The van der Waals surface area contributed by atoms with Crippen molar-refractivity contribution in [3.8, 4) is 0 Å². The first-order valence-electron chi connectivity index (χ1n) is 8.35. The maximum atomic E-state index is 5.56. The lowest BCUT2D eigenvalue weighted by molar-refractivity contribution is 0.500. The summed E-state index contributed by atoms with van der Waals surface area (Å²) in [6.45, 7) is 1.82. The number of benzene rings is 1. The van der Waals surface area contributed by atoms with Gasteiger partial charge in [-0.3, -0.25) is 0 Å². The lowest BCUT2D eigenvalue weighted by Crippen LogP contribution is -2.46. The molecule has 3 heterocycles. The smallest absolute Gasteiger partial charge is 0.145 e. The highest BCUT2D eigenvalue weighted by Crippen LogP contribution is 2.40. The number of nitrogens with two attached hydrogens (primary N) is 1. The number of nitrogen functional groups attached to an aromatic ring is 1. The number of hydrogen-bond acceptors (Lipinski definition) is 6. The summed E-state index contributed by atoms with van der Waals surface area (Å²) in [4.78, 5) is 19.6. The van der Waals surface area contributed by atoms with Crippen molar-refractivity contribution in [1.82, 2.24) is 19.9 Å². The number of imidazole rings is 1. The maximum Gasteiger partial charge on any atom is 0.145 e. The van der Waals surface area contributed by atoms with Gasteiger partial charge >= 0.3 is 0 Å². The van der Waals surface area contributed by atoms with Crippen LogP contribution in [0.5, 0.6) is 0 Å². The predicted molar refractivity (Wildman–Crippen MR) is 92.9 cm³/mol. The number of nitrogens with zero attached hydrogens (tertiary/aromatic N) is 4. The molecule has 5 rings (SSSR count). The van der Waals surface area contributed by atoms with Crippen LogP contribution in [0.4, 0.5) is 11.6 Å². The number of aromatic amines is 1. The van der Waals surface area contributed by atoms with E-state index in [2.05, 4.69) is 26.4 Å². The minimum absolute atomic E-state index is 0.408. The van der Waals surface area contributed by atoms with Gasteiger partial charge < -0.3 is 15.3 Å². The number of aromatic nitrogens is 4. The fraction of sp³-hybridized carbons (Fsp3) is 0.353. The van der Waals surface area contributed by atoms with Crippen LogP contribution in [0.1, 0.15) is 36.3 Å². The first kappa shape index (κ1) is 13.7. The van der Waals surface area contributed by atoms with Gasteiger partial charge in [-0.15, -0.1) is 0 Å². The molecule has 2 aliphatic rings. The van der Waals surface area contributed by atoms with E-state index in [0.717, 1.165) is 41.6 Å². The molecule has 3 aromatic rings. The maximum absolute atomic E-state index is 5.56. The summed E-state index contributed by atoms with van der Waals surface area (Å²) in [7, 11) is 0. The van der Waals surface area contributed by atoms with Crippen molar-refractivity contribution in [2.24, 2.45) is 5.84 Å². The molecule has 1 aliphatic heterocycles. The van der Waals surface area contributed by atoms with Crippen LogP contribution in [-0.4, -0.2) is 33.0 Å². The minimum atomic E-state index is 0.408. The van der Waals surface area contributed by atoms with Crippen LogP contribution in [0, 0.1) is 0 Å². The molecule has 24 heavy (non-hydrogen) atoms. The van der Waals surface area contributed by atoms with Crippen LogP contribution < -0.4 is 16.2 Å². The second-order valence-corrected chi connectivity index (χ2v) is 6.63. The Morgan fingerprint density at radius 1 is 1.08 bits per heavy atom. The molecule has 1 saturated heterocycles. The van der Waals surface area contributed by atoms with Gasteiger partial charge in [0.25, 0.3) is 0 Å². The molecule has 7 heteroatoms. The van der Waals surface area contributed by atoms with E-state index in [0.29, 0.717) is 17.7 Å². The molecule has 0 radical (unpaired) electrons. The summed E-state index contributed by atoms with van der Waals surface area (Å²) >= 11 is 0. The molecular weight excluding hydrogens is 302 g/mol. The first-order valence-corrected chi connectivity index (χ1v) is 8.35. The lowest BCUT2D eigenvalue weighted by Gasteiger charge is -2.39. The molecule has 0 spiro atoms. The van der Waals surface area contributed by atoms with Gasteiger partial charge in [0.15, 0.2) is 0 Å². The Labute approximate surface area is 139 Å². The summed E-state index contributed by atoms with van der Waals surface area (Å²) in [5.41, 5.74) is 4.78. The number of hydrazine groups is 1. The van der Waals surface area contributed by atoms with Crippen LogP contribution in [0.2, 0.25) is 0 Å². The van der Waals surface area contributed by atoms with Gasteiger partial charge in [0.05, 0.1) is 17.0 Å². The van der Waals surface area contributed by atoms with Crippen molar-refractivity contribution in [1.29, 1.82) is 0 Å². The second-order valence-electron chi connectivity index (χ2n) is 6.63. The molecule has 2 fully saturated rings. The van der Waals surface area contributed by atoms with Crippen molar-refractivity contribution in [3.63, 3.8) is 0 Å². The van der Waals surface area contributed by atoms with Crippen molar-refractivity contribution >= 4 is 22.7 Å². The third-order valence-corrected chi connectivity index (χ3v) is 4.82. The summed E-state index contributed by atoms with van der Waals surface area (Å²) in [5.74, 6) is 10.1. The molecule has 7 nitrogen and oxygen atoms in total. The van der Waals surface area contributed by atoms with E-state index < -0.39 is 0 Å². The molecule has 4 N–H and O–H groups in total. The number of para-hydroxylation sites is 2. The molecular formula is C17H19N7. The zero-order valence-electron chi connectivity index (χ0n) is 13.2. The van der Waals surface area contributed by atoms with Gasteiger partial charge in [-0.2, -0.15) is 0 Å². The van der Waals surface area contributed by atoms with E-state index in [1.54, 1.807) is 0 Å². The number of rotatable bonds is 4. The molecule has 0 unspecified atom stereocenters. The van der Waals surface area contributed by atoms with Crippen molar-refractivity contribution in [2.75, 3.05) is 23.4 Å². The summed E-state index contributed by atoms with van der Waals surface area (Å²) in [5, 5.41) is 0. The number of nitrogens with one attached hydrogen (secondary N) is 2. The largest absolute Gasteiger partial charge is 0.355 e. The molecule has 0 atom stereocenters. The van der Waals surface area contributed by atoms with Crippen LogP contribution in [-0.2, 0) is 0 Å². The lowest BCUT2D eigenvalue weighted by atomic mass is 9.99. The zero-order valence-corrected chi connectivity index (χ0v) is 13.2. The number of anilines is 2. The number of fused-ring (bicyclic) bond motifs is 1. The Morgan fingerprint density at radius 2 is 1.92 bits per heavy atom. The van der Waals surface area contributed by atoms with E-state index in [1.165, 1.54) is 12.8 Å². The second kappa shape index (κ2) is 5.17. The quantitative estimate of drug-likeness (QED) is 0.503. The van der Waals surface area contributed by atoms with E-state index in [4.69, 9.17) is 15.8 Å². The van der Waals surface area contributed by atoms with E-state index >= 15 is 0 Å². The number of hydrogen-bond donors (Lipinski definition) is 3. The van der Waals surface area contributed by atoms with Crippen molar-refractivity contribution in [2.45, 2.75) is 24.7 Å². The average molecular weight is 321 g/mol. The Kier molecular flexibility index (Phi) is 2.96. The van der Waals surface area contributed by atoms with Crippen LogP contribution in [0.25, 0.3) is 11.0 Å². The molecule has 1 aliphatic carbocycles. The molecule has 2 aromatic heterocycles. The van der Waals surface area contributed by atoms with Gasteiger partial charge in [-0.05, 0) is 25.0 Å². The van der Waals surface area contributed by atoms with Gasteiger partial charge in [0, 0.05) is 25.1 Å². The predicted octanol–water partition coefficient (Wildman–Crippen LogP) is 2.12. The summed E-state index contributed by atoms with van der Waals surface area (Å²) < 4.78 is 0. The van der Waals surface area contributed by atoms with Crippen molar-refractivity contribution < 1.29 is 0 Å². The minimum Gasteiger partial charge on any atom is -0.355 e. The van der Waals surface area contributed by atoms with E-state index in [1.807, 2.05) is 24.3 Å². The van der Waals surface area contributed by atoms with Crippen LogP contribution >= 0.6 is 0 Å². The Morgan fingerprint density at radius 3 is 2.67 bits per heavy atom. The molecule has 1 saturated carbocycles. The highest BCUT2D eigenvalue weighted by atomic mass is 15.3. The average Bonchev–Trinajstić information content (AvgIpc) is 3.33. The third kappa shape index (κ3) is 2.28. The van der Waals surface area contributed by atoms with Gasteiger partial charge in [0.2, 0.25) is 0 Å². The molecule has 0 bridgehead atoms. The standard InChI is InChI=1S/C17H19N7/c18-23-14-7-15(22-16(21-14)10-5-6-10)24-8-11(9-24)17-19-12-3-1-2-4-13(12)20-17/h1-4,7,10-11H,5-6,8-9,18H2,(H,19,20)(H,21,22,23). The topological polar surface area (TPSA) is 95.8 Å². The fourth-order valence-corrected chi connectivity index (χ4v) is 3.22. The van der Waals surface area contributed by atoms with Gasteiger partial charge in [0.1, 0.15) is 23.3 Å². The highest BCUT2D eigenvalue weighted by Gasteiger charge is 2.33. The number of H-pyrrole nitrogens is 1. The Bertz CT molecular complexity index is 860. The van der Waals surface area contributed by atoms with Crippen LogP contribution in [0.15, 0.2) is 30.3 Å². The van der Waals surface area contributed by atoms with E-state index in [9.17, 15) is 0 Å². The molecule has 1 aromatic carbocycles. The SMILES string of the molecule is NNc1cc(N2CC(c3nc4ccccc4[nH]3)C2)nc(C2CC2)n1. The van der Waals surface area contributed by atoms with Crippen LogP contribution in [0.3, 0.4) is 0 Å². The molecule has 122 valence electrons. The Balaban J connectivity index is 1.36. The third-order valence-electron chi connectivity index (χ3n) is 4.82. The van der Waals surface area contributed by atoms with E-state index in [-0.39, 0.29) is 0 Å². The van der Waals surface area contributed by atoms with Crippen molar-refractivity contribution in [3.05, 3.63) is 42.0 Å². The first-order chi connectivity index (χ1) is 11.8. The highest BCUT2D eigenvalue weighted by molar-refractivity contribution is 5.75. The summed E-state index contributed by atoms with van der Waals surface area (Å²) in [6.07, 6.45) is 2.35. The monoisotopic (exact) mass is 321 g/mol. The summed E-state index contributed by atoms with van der Waals surface area (Å²) in [6, 6.07) is 10.1. The Hall–Kier alpha value is -2.67. The normalized spacial score (nSPS) is 18.0. The van der Waals surface area contributed by atoms with Gasteiger partial charge in [-0.25, -0.2) is 20.8 Å².